The number of nitrogens with zero attached hydrogens (tertiary/aromatic N) is 3. The van der Waals surface area contributed by atoms with Crippen LogP contribution in [0.4, 0.5) is 14.7 Å². The monoisotopic (exact) mass is 380 g/mol. The maximum Gasteiger partial charge on any atom is 0.256 e. The Hall–Kier alpha value is -2.48. The molecule has 1 atom stereocenters. The minimum Gasteiger partial charge on any atom is -0.394 e. The lowest BCUT2D eigenvalue weighted by Crippen LogP contribution is -2.29. The van der Waals surface area contributed by atoms with E-state index in [4.69, 9.17) is 10.2 Å². The summed E-state index contributed by atoms with van der Waals surface area (Å²) in [4.78, 5) is 20.0. The van der Waals surface area contributed by atoms with Gasteiger partial charge in [0.05, 0.1) is 30.3 Å². The highest BCUT2D eigenvalue weighted by atomic mass is 31.0. The summed E-state index contributed by atoms with van der Waals surface area (Å²) >= 11 is 0. The number of benzene rings is 1. The highest BCUT2D eigenvalue weighted by molar-refractivity contribution is 7.27. The second-order valence-corrected chi connectivity index (χ2v) is 6.17. The fourth-order valence-corrected chi connectivity index (χ4v) is 2.65. The van der Waals surface area contributed by atoms with Gasteiger partial charge in [0, 0.05) is 6.07 Å². The fourth-order valence-electron chi connectivity index (χ4n) is 2.41. The van der Waals surface area contributed by atoms with Crippen LogP contribution in [-0.4, -0.2) is 44.0 Å². The molecule has 3 rings (SSSR count). The average Bonchev–Trinajstić information content (AvgIpc) is 2.60. The predicted molar refractivity (Wildman–Crippen MR) is 96.0 cm³/mol. The van der Waals surface area contributed by atoms with Gasteiger partial charge in [-0.15, -0.1) is 9.24 Å². The van der Waals surface area contributed by atoms with Crippen LogP contribution in [0.2, 0.25) is 0 Å². The number of hydrogen-bond donors (Lipinski definition) is 3. The third-order valence-electron chi connectivity index (χ3n) is 3.69. The Morgan fingerprint density at radius 3 is 2.54 bits per heavy atom. The molecule has 0 aliphatic heterocycles. The third-order valence-corrected chi connectivity index (χ3v) is 4.05. The number of anilines is 1. The van der Waals surface area contributed by atoms with Crippen LogP contribution in [0, 0.1) is 11.8 Å². The largest absolute Gasteiger partial charge is 0.394 e. The second kappa shape index (κ2) is 7.41. The summed E-state index contributed by atoms with van der Waals surface area (Å²) in [6.45, 7) is -0.878. The minimum atomic E-state index is -0.927. The normalized spacial score (nSPS) is 11.3. The predicted octanol–water partition coefficient (Wildman–Crippen LogP) is 0.324. The van der Waals surface area contributed by atoms with Gasteiger partial charge in [-0.25, -0.2) is 4.39 Å². The van der Waals surface area contributed by atoms with Crippen LogP contribution in [0.25, 0.3) is 16.7 Å². The Morgan fingerprint density at radius 1 is 1.15 bits per heavy atom. The number of aliphatic hydroxyl groups is 2. The van der Waals surface area contributed by atoms with Gasteiger partial charge < -0.3 is 15.5 Å². The molecule has 2 aromatic heterocycles. The van der Waals surface area contributed by atoms with Crippen molar-refractivity contribution in [3.63, 3.8) is 0 Å². The third kappa shape index (κ3) is 3.41. The molecule has 0 saturated carbocycles. The number of aliphatic hydroxyl groups excluding tert-OH is 2. The fraction of sp³-hybridized carbons (Fsp3) is 0.188. The van der Waals surface area contributed by atoms with Gasteiger partial charge >= 0.3 is 0 Å². The summed E-state index contributed by atoms with van der Waals surface area (Å²) in [7, 11) is 2.34. The van der Waals surface area contributed by atoms with E-state index in [1.807, 2.05) is 0 Å². The summed E-state index contributed by atoms with van der Waals surface area (Å²) in [5.41, 5.74) is -0.827. The summed E-state index contributed by atoms with van der Waals surface area (Å²) in [6.07, 6.45) is 0. The Balaban J connectivity index is 2.26. The first-order chi connectivity index (χ1) is 12.4. The number of rotatable bonds is 5. The van der Waals surface area contributed by atoms with Crippen LogP contribution in [-0.2, 0) is 0 Å². The molecular formula is C16H15F2N4O3P. The van der Waals surface area contributed by atoms with E-state index in [9.17, 15) is 13.6 Å². The first-order valence-corrected chi connectivity index (χ1v) is 8.15. The van der Waals surface area contributed by atoms with Gasteiger partial charge in [-0.05, 0) is 23.5 Å². The van der Waals surface area contributed by atoms with E-state index in [1.165, 1.54) is 18.2 Å². The van der Waals surface area contributed by atoms with E-state index >= 15 is 0 Å². The van der Waals surface area contributed by atoms with Crippen LogP contribution in [0.5, 0.6) is 0 Å². The molecule has 0 bridgehead atoms. The number of hydrogen-bond acceptors (Lipinski definition) is 6. The zero-order valence-corrected chi connectivity index (χ0v) is 14.5. The van der Waals surface area contributed by atoms with Crippen molar-refractivity contribution >= 4 is 31.5 Å². The first kappa shape index (κ1) is 18.3. The molecule has 136 valence electrons. The number of nitrogens with one attached hydrogen (secondary N) is 1. The molecule has 0 radical (unpaired) electrons. The van der Waals surface area contributed by atoms with Crippen molar-refractivity contribution in [2.45, 2.75) is 6.04 Å². The minimum absolute atomic E-state index is 0.0750. The standard InChI is InChI=1S/C16H15F2N4O3P/c17-11-5-9(26)1-3-12(11)22-13(25)4-2-10-14(18)20-16(21-15(10)22)19-8(6-23)7-24/h1-5,8,23-24H,6-7,26H2,(H,19,20,21). The zero-order chi connectivity index (χ0) is 18.8. The molecular weight excluding hydrogens is 365 g/mol. The number of halogens is 2. The average molecular weight is 380 g/mol. The van der Waals surface area contributed by atoms with Gasteiger partial charge in [-0.2, -0.15) is 14.4 Å². The van der Waals surface area contributed by atoms with Crippen molar-refractivity contribution in [3.8, 4) is 5.69 Å². The Morgan fingerprint density at radius 2 is 1.88 bits per heavy atom. The Kier molecular flexibility index (Phi) is 5.22. The number of fused-ring (bicyclic) bond motifs is 1. The lowest BCUT2D eigenvalue weighted by molar-refractivity contribution is 0.203. The topological polar surface area (TPSA) is 100 Å². The highest BCUT2D eigenvalue weighted by Gasteiger charge is 2.17. The maximum atomic E-state index is 14.4. The lowest BCUT2D eigenvalue weighted by atomic mass is 10.2. The van der Waals surface area contributed by atoms with E-state index in [2.05, 4.69) is 24.5 Å². The van der Waals surface area contributed by atoms with Gasteiger partial charge in [0.25, 0.3) is 5.56 Å². The molecule has 0 saturated heterocycles. The lowest BCUT2D eigenvalue weighted by Gasteiger charge is -2.15. The molecule has 1 unspecified atom stereocenters. The van der Waals surface area contributed by atoms with Crippen LogP contribution in [0.15, 0.2) is 35.1 Å². The second-order valence-electron chi connectivity index (χ2n) is 5.50. The molecule has 0 fully saturated rings. The molecule has 0 amide bonds. The van der Waals surface area contributed by atoms with E-state index in [0.29, 0.717) is 5.30 Å². The van der Waals surface area contributed by atoms with Crippen molar-refractivity contribution < 1.29 is 19.0 Å². The molecule has 0 spiro atoms. The SMILES string of the molecule is O=c1ccc2c(F)nc(NC(CO)CO)nc2n1-c1ccc(P)cc1F. The summed E-state index contributed by atoms with van der Waals surface area (Å²) in [6, 6.07) is 5.68. The number of aromatic nitrogens is 3. The molecule has 0 aliphatic carbocycles. The van der Waals surface area contributed by atoms with Gasteiger partial charge in [0.15, 0.2) is 5.65 Å². The molecule has 1 aromatic carbocycles. The summed E-state index contributed by atoms with van der Waals surface area (Å²) < 4.78 is 29.7. The van der Waals surface area contributed by atoms with Crippen LogP contribution < -0.4 is 16.2 Å². The molecule has 26 heavy (non-hydrogen) atoms. The number of pyridine rings is 1. The molecule has 0 aliphatic rings. The van der Waals surface area contributed by atoms with E-state index in [0.717, 1.165) is 10.6 Å². The Labute approximate surface area is 148 Å². The quantitative estimate of drug-likeness (QED) is 0.436. The van der Waals surface area contributed by atoms with Crippen molar-refractivity contribution in [2.75, 3.05) is 18.5 Å². The van der Waals surface area contributed by atoms with Crippen LogP contribution in [0.1, 0.15) is 0 Å². The summed E-state index contributed by atoms with van der Waals surface area (Å²) in [5, 5.41) is 21.3. The smallest absolute Gasteiger partial charge is 0.256 e. The molecule has 7 nitrogen and oxygen atoms in total. The van der Waals surface area contributed by atoms with Crippen molar-refractivity contribution in [1.29, 1.82) is 0 Å². The van der Waals surface area contributed by atoms with Gasteiger partial charge in [0.2, 0.25) is 11.9 Å². The Bertz CT molecular complexity index is 1020. The van der Waals surface area contributed by atoms with Gasteiger partial charge in [0.1, 0.15) is 5.82 Å². The van der Waals surface area contributed by atoms with Gasteiger partial charge in [-0.3, -0.25) is 9.36 Å². The highest BCUT2D eigenvalue weighted by Crippen LogP contribution is 2.20. The van der Waals surface area contributed by atoms with Crippen molar-refractivity contribution in [1.82, 2.24) is 14.5 Å². The van der Waals surface area contributed by atoms with E-state index < -0.39 is 36.6 Å². The molecule has 10 heteroatoms. The van der Waals surface area contributed by atoms with E-state index in [-0.39, 0.29) is 22.7 Å². The van der Waals surface area contributed by atoms with Crippen molar-refractivity contribution in [3.05, 3.63) is 52.5 Å². The summed E-state index contributed by atoms with van der Waals surface area (Å²) in [5.74, 6) is -1.85. The van der Waals surface area contributed by atoms with Crippen molar-refractivity contribution in [2.24, 2.45) is 0 Å². The molecule has 3 N–H and O–H groups in total. The van der Waals surface area contributed by atoms with Crippen LogP contribution in [0.3, 0.4) is 0 Å². The maximum absolute atomic E-state index is 14.4. The molecule has 2 heterocycles. The van der Waals surface area contributed by atoms with Gasteiger partial charge in [-0.1, -0.05) is 6.07 Å². The van der Waals surface area contributed by atoms with E-state index in [1.54, 1.807) is 6.07 Å². The van der Waals surface area contributed by atoms with Crippen LogP contribution >= 0.6 is 9.24 Å². The zero-order valence-electron chi connectivity index (χ0n) is 13.4. The first-order valence-electron chi connectivity index (χ1n) is 7.57. The molecule has 3 aromatic rings.